The Morgan fingerprint density at radius 1 is 1.53 bits per heavy atom. The Morgan fingerprint density at radius 3 is 3.27 bits per heavy atom. The second kappa shape index (κ2) is 3.79. The second-order valence-corrected chi connectivity index (χ2v) is 7.33. The van der Waals surface area contributed by atoms with E-state index in [2.05, 4.69) is 35.4 Å². The lowest BCUT2D eigenvalue weighted by Gasteiger charge is -2.37. The lowest BCUT2D eigenvalue weighted by Crippen LogP contribution is -2.41. The SMILES string of the molecule is CC1(C2NCCc3sccc32)CCCS1. The fraction of sp³-hybridized carbons (Fsp3) is 0.667. The van der Waals surface area contributed by atoms with E-state index in [-0.39, 0.29) is 0 Å². The van der Waals surface area contributed by atoms with E-state index < -0.39 is 0 Å². The van der Waals surface area contributed by atoms with Crippen LogP contribution in [0.2, 0.25) is 0 Å². The number of hydrogen-bond acceptors (Lipinski definition) is 3. The third-order valence-corrected chi connectivity index (χ3v) is 6.24. The van der Waals surface area contributed by atoms with Gasteiger partial charge in [0.1, 0.15) is 0 Å². The van der Waals surface area contributed by atoms with Gasteiger partial charge < -0.3 is 5.32 Å². The molecule has 2 aliphatic rings. The average molecular weight is 239 g/mol. The molecule has 1 fully saturated rings. The quantitative estimate of drug-likeness (QED) is 0.807. The third-order valence-electron chi connectivity index (χ3n) is 3.65. The topological polar surface area (TPSA) is 12.0 Å². The first-order chi connectivity index (χ1) is 7.30. The van der Waals surface area contributed by atoms with Crippen LogP contribution in [0.4, 0.5) is 0 Å². The van der Waals surface area contributed by atoms with Gasteiger partial charge in [-0.05, 0) is 48.9 Å². The Balaban J connectivity index is 1.95. The molecule has 2 unspecified atom stereocenters. The summed E-state index contributed by atoms with van der Waals surface area (Å²) in [6, 6.07) is 2.93. The van der Waals surface area contributed by atoms with Crippen LogP contribution in [0.5, 0.6) is 0 Å². The highest BCUT2D eigenvalue weighted by atomic mass is 32.2. The standard InChI is InChI=1S/C12H17NS2/c1-12(5-2-7-15-12)11-9-4-8-14-10(9)3-6-13-11/h4,8,11,13H,2-3,5-7H2,1H3. The van der Waals surface area contributed by atoms with Crippen LogP contribution in [-0.4, -0.2) is 17.0 Å². The summed E-state index contributed by atoms with van der Waals surface area (Å²) in [5, 5.41) is 5.99. The number of fused-ring (bicyclic) bond motifs is 1. The molecule has 0 bridgehead atoms. The van der Waals surface area contributed by atoms with Gasteiger partial charge in [-0.3, -0.25) is 0 Å². The van der Waals surface area contributed by atoms with Crippen molar-refractivity contribution in [2.45, 2.75) is 37.0 Å². The zero-order valence-corrected chi connectivity index (χ0v) is 10.7. The molecular formula is C12H17NS2. The highest BCUT2D eigenvalue weighted by Crippen LogP contribution is 2.48. The molecule has 0 aromatic carbocycles. The number of rotatable bonds is 1. The molecular weight excluding hydrogens is 222 g/mol. The van der Waals surface area contributed by atoms with Crippen molar-refractivity contribution in [1.82, 2.24) is 5.32 Å². The fourth-order valence-corrected chi connectivity index (χ4v) is 5.17. The minimum Gasteiger partial charge on any atom is -0.308 e. The maximum Gasteiger partial charge on any atom is 0.0477 e. The van der Waals surface area contributed by atoms with Crippen molar-refractivity contribution in [3.05, 3.63) is 21.9 Å². The van der Waals surface area contributed by atoms with E-state index in [9.17, 15) is 0 Å². The molecule has 0 radical (unpaired) electrons. The first-order valence-electron chi connectivity index (χ1n) is 5.73. The van der Waals surface area contributed by atoms with E-state index >= 15 is 0 Å². The normalized spacial score (nSPS) is 35.4. The Morgan fingerprint density at radius 2 is 2.47 bits per heavy atom. The van der Waals surface area contributed by atoms with Crippen molar-refractivity contribution < 1.29 is 0 Å². The Hall–Kier alpha value is 0.01000. The molecule has 0 saturated carbocycles. The molecule has 1 aromatic heterocycles. The molecule has 15 heavy (non-hydrogen) atoms. The molecule has 3 rings (SSSR count). The Bertz CT molecular complexity index is 352. The van der Waals surface area contributed by atoms with Crippen molar-refractivity contribution in [1.29, 1.82) is 0 Å². The molecule has 1 N–H and O–H groups in total. The first kappa shape index (κ1) is 10.2. The van der Waals surface area contributed by atoms with Gasteiger partial charge in [-0.25, -0.2) is 0 Å². The van der Waals surface area contributed by atoms with Gasteiger partial charge in [0.05, 0.1) is 0 Å². The van der Waals surface area contributed by atoms with Crippen LogP contribution in [0.1, 0.15) is 36.2 Å². The van der Waals surface area contributed by atoms with Crippen molar-refractivity contribution in [3.63, 3.8) is 0 Å². The van der Waals surface area contributed by atoms with Crippen LogP contribution in [0, 0.1) is 0 Å². The summed E-state index contributed by atoms with van der Waals surface area (Å²) in [5.41, 5.74) is 1.59. The molecule has 1 aromatic rings. The van der Waals surface area contributed by atoms with Crippen LogP contribution in [0.25, 0.3) is 0 Å². The van der Waals surface area contributed by atoms with Crippen LogP contribution in [-0.2, 0) is 6.42 Å². The van der Waals surface area contributed by atoms with Gasteiger partial charge in [0.2, 0.25) is 0 Å². The summed E-state index contributed by atoms with van der Waals surface area (Å²) in [6.45, 7) is 3.60. The van der Waals surface area contributed by atoms with E-state index in [1.165, 1.54) is 25.0 Å². The van der Waals surface area contributed by atoms with Gasteiger partial charge >= 0.3 is 0 Å². The molecule has 0 aliphatic carbocycles. The van der Waals surface area contributed by atoms with Gasteiger partial charge in [0.15, 0.2) is 0 Å². The highest BCUT2D eigenvalue weighted by Gasteiger charge is 2.40. The number of nitrogens with one attached hydrogen (secondary N) is 1. The molecule has 1 saturated heterocycles. The maximum absolute atomic E-state index is 3.73. The van der Waals surface area contributed by atoms with E-state index in [0.29, 0.717) is 10.8 Å². The van der Waals surface area contributed by atoms with Gasteiger partial charge in [-0.2, -0.15) is 11.8 Å². The van der Waals surface area contributed by atoms with Gasteiger partial charge in [0, 0.05) is 22.2 Å². The largest absolute Gasteiger partial charge is 0.308 e. The number of thioether (sulfide) groups is 1. The summed E-state index contributed by atoms with van der Waals surface area (Å²) in [4.78, 5) is 1.62. The first-order valence-corrected chi connectivity index (χ1v) is 7.60. The lowest BCUT2D eigenvalue weighted by molar-refractivity contribution is 0.400. The zero-order chi connectivity index (χ0) is 10.3. The van der Waals surface area contributed by atoms with Crippen molar-refractivity contribution in [2.75, 3.05) is 12.3 Å². The zero-order valence-electron chi connectivity index (χ0n) is 9.08. The van der Waals surface area contributed by atoms with E-state index in [0.717, 1.165) is 6.54 Å². The summed E-state index contributed by atoms with van der Waals surface area (Å²) in [5.74, 6) is 1.34. The van der Waals surface area contributed by atoms with Crippen LogP contribution < -0.4 is 5.32 Å². The molecule has 0 amide bonds. The molecule has 3 heterocycles. The number of hydrogen-bond donors (Lipinski definition) is 1. The lowest BCUT2D eigenvalue weighted by atomic mass is 9.88. The van der Waals surface area contributed by atoms with E-state index in [1.807, 2.05) is 11.3 Å². The highest BCUT2D eigenvalue weighted by molar-refractivity contribution is 8.00. The molecule has 2 aliphatic heterocycles. The summed E-state index contributed by atoms with van der Waals surface area (Å²) >= 11 is 4.10. The minimum absolute atomic E-state index is 0.441. The molecule has 0 spiro atoms. The van der Waals surface area contributed by atoms with Crippen LogP contribution >= 0.6 is 23.1 Å². The smallest absolute Gasteiger partial charge is 0.0477 e. The van der Waals surface area contributed by atoms with Crippen molar-refractivity contribution >= 4 is 23.1 Å². The van der Waals surface area contributed by atoms with Crippen molar-refractivity contribution in [3.8, 4) is 0 Å². The van der Waals surface area contributed by atoms with Crippen LogP contribution in [0.15, 0.2) is 11.4 Å². The maximum atomic E-state index is 3.73. The minimum atomic E-state index is 0.441. The molecule has 2 atom stereocenters. The summed E-state index contributed by atoms with van der Waals surface area (Å²) < 4.78 is 0.441. The number of thiophene rings is 1. The fourth-order valence-electron chi connectivity index (χ4n) is 2.82. The average Bonchev–Trinajstić information content (AvgIpc) is 2.85. The van der Waals surface area contributed by atoms with E-state index in [1.54, 1.807) is 10.4 Å². The summed E-state index contributed by atoms with van der Waals surface area (Å²) in [7, 11) is 0. The predicted octanol–water partition coefficient (Wildman–Crippen LogP) is 3.22. The van der Waals surface area contributed by atoms with Gasteiger partial charge in [0.25, 0.3) is 0 Å². The molecule has 82 valence electrons. The summed E-state index contributed by atoms with van der Waals surface area (Å²) in [6.07, 6.45) is 3.98. The predicted molar refractivity (Wildman–Crippen MR) is 68.9 cm³/mol. The third kappa shape index (κ3) is 1.65. The van der Waals surface area contributed by atoms with E-state index in [4.69, 9.17) is 0 Å². The van der Waals surface area contributed by atoms with Gasteiger partial charge in [-0.15, -0.1) is 11.3 Å². The second-order valence-electron chi connectivity index (χ2n) is 4.70. The van der Waals surface area contributed by atoms with Crippen LogP contribution in [0.3, 0.4) is 0 Å². The van der Waals surface area contributed by atoms with Gasteiger partial charge in [-0.1, -0.05) is 0 Å². The Labute approximate surface area is 99.7 Å². The Kier molecular flexibility index (Phi) is 2.57. The monoisotopic (exact) mass is 239 g/mol. The molecule has 3 heteroatoms. The van der Waals surface area contributed by atoms with Crippen molar-refractivity contribution in [2.24, 2.45) is 0 Å². The molecule has 1 nitrogen and oxygen atoms in total.